The minimum atomic E-state index is -4.82. The van der Waals surface area contributed by atoms with Gasteiger partial charge in [-0.15, -0.1) is 0 Å². The first kappa shape index (κ1) is 17.0. The Balaban J connectivity index is 1.77. The van der Waals surface area contributed by atoms with Crippen molar-refractivity contribution in [2.45, 2.75) is 30.3 Å². The number of benzene rings is 1. The zero-order valence-corrected chi connectivity index (χ0v) is 12.9. The van der Waals surface area contributed by atoms with E-state index in [-0.39, 0.29) is 6.54 Å². The van der Waals surface area contributed by atoms with Crippen LogP contribution in [0.15, 0.2) is 23.1 Å². The minimum Gasteiger partial charge on any atom is -0.610 e. The van der Waals surface area contributed by atoms with Crippen LogP contribution < -0.4 is 10.2 Å². The monoisotopic (exact) mass is 334 g/mol. The largest absolute Gasteiger partial charge is 0.610 e. The molecule has 22 heavy (non-hydrogen) atoms. The minimum absolute atomic E-state index is 0.00203. The van der Waals surface area contributed by atoms with Gasteiger partial charge >= 0.3 is 12.1 Å². The molecule has 4 nitrogen and oxygen atoms in total. The Labute approximate surface area is 129 Å². The van der Waals surface area contributed by atoms with Crippen LogP contribution in [0.2, 0.25) is 0 Å². The Morgan fingerprint density at radius 2 is 2.14 bits per heavy atom. The molecule has 0 aliphatic carbocycles. The Bertz CT molecular complexity index is 551. The van der Waals surface area contributed by atoms with Crippen LogP contribution >= 0.6 is 0 Å². The normalized spacial score (nSPS) is 17.5. The lowest BCUT2D eigenvalue weighted by Gasteiger charge is -2.08. The molecule has 0 aromatic heterocycles. The second kappa shape index (κ2) is 6.78. The van der Waals surface area contributed by atoms with E-state index < -0.39 is 23.3 Å². The van der Waals surface area contributed by atoms with Gasteiger partial charge < -0.3 is 14.8 Å². The van der Waals surface area contributed by atoms with E-state index >= 15 is 0 Å². The number of hydrogen-bond acceptors (Lipinski definition) is 3. The third kappa shape index (κ3) is 4.07. The number of nitrogens with zero attached hydrogens (tertiary/aromatic N) is 1. The zero-order valence-electron chi connectivity index (χ0n) is 12.1. The van der Waals surface area contributed by atoms with E-state index in [1.54, 1.807) is 0 Å². The maximum Gasteiger partial charge on any atom is 0.471 e. The van der Waals surface area contributed by atoms with Crippen LogP contribution in [0.5, 0.6) is 0 Å². The van der Waals surface area contributed by atoms with Gasteiger partial charge in [0.2, 0.25) is 0 Å². The number of nitrogens with one attached hydrogen (secondary N) is 1. The summed E-state index contributed by atoms with van der Waals surface area (Å²) >= 11 is -1.02. The predicted molar refractivity (Wildman–Crippen MR) is 78.1 cm³/mol. The highest BCUT2D eigenvalue weighted by Gasteiger charge is 2.38. The van der Waals surface area contributed by atoms with E-state index in [0.29, 0.717) is 25.1 Å². The summed E-state index contributed by atoms with van der Waals surface area (Å²) in [4.78, 5) is 13.4. The summed E-state index contributed by atoms with van der Waals surface area (Å²) in [7, 11) is 1.88. The highest BCUT2D eigenvalue weighted by molar-refractivity contribution is 7.92. The lowest BCUT2D eigenvalue weighted by molar-refractivity contribution is -0.173. The first-order chi connectivity index (χ1) is 10.3. The summed E-state index contributed by atoms with van der Waals surface area (Å²) < 4.78 is 47.8. The number of halogens is 3. The Kier molecular flexibility index (Phi) is 5.23. The summed E-state index contributed by atoms with van der Waals surface area (Å²) in [6.45, 7) is -0.00203. The first-order valence-electron chi connectivity index (χ1n) is 6.86. The number of amides is 1. The van der Waals surface area contributed by atoms with Crippen LogP contribution in [0.3, 0.4) is 0 Å². The molecule has 1 unspecified atom stereocenters. The highest BCUT2D eigenvalue weighted by Crippen LogP contribution is 2.33. The van der Waals surface area contributed by atoms with E-state index in [1.165, 1.54) is 0 Å². The molecule has 0 fully saturated rings. The number of aryl methyl sites for hydroxylation is 1. The molecule has 2 rings (SSSR count). The number of fused-ring (bicyclic) bond motifs is 1. The van der Waals surface area contributed by atoms with Gasteiger partial charge in [0.1, 0.15) is 0 Å². The average molecular weight is 334 g/mol. The lowest BCUT2D eigenvalue weighted by atomic mass is 10.1. The maximum absolute atomic E-state index is 12.0. The third-order valence-electron chi connectivity index (χ3n) is 3.43. The van der Waals surface area contributed by atoms with Crippen molar-refractivity contribution in [2.24, 2.45) is 0 Å². The molecule has 1 N–H and O–H groups in total. The fourth-order valence-corrected chi connectivity index (χ4v) is 3.65. The van der Waals surface area contributed by atoms with Crippen molar-refractivity contribution in [2.75, 3.05) is 24.4 Å². The topological polar surface area (TPSA) is 55.4 Å². The Morgan fingerprint density at radius 3 is 2.82 bits per heavy atom. The molecule has 0 saturated heterocycles. The summed E-state index contributed by atoms with van der Waals surface area (Å²) in [5.74, 6) is -1.41. The molecule has 1 amide bonds. The number of anilines is 1. The molecule has 1 aliphatic heterocycles. The quantitative estimate of drug-likeness (QED) is 0.663. The van der Waals surface area contributed by atoms with Gasteiger partial charge in [0.25, 0.3) is 0 Å². The van der Waals surface area contributed by atoms with Gasteiger partial charge in [-0.2, -0.15) is 13.2 Å². The second-order valence-corrected chi connectivity index (χ2v) is 6.57. The van der Waals surface area contributed by atoms with Crippen molar-refractivity contribution in [1.82, 2.24) is 5.32 Å². The van der Waals surface area contributed by atoms with Gasteiger partial charge in [-0.3, -0.25) is 4.79 Å². The molecule has 1 heterocycles. The van der Waals surface area contributed by atoms with Crippen LogP contribution in [0.25, 0.3) is 0 Å². The van der Waals surface area contributed by atoms with E-state index in [2.05, 4.69) is 0 Å². The van der Waals surface area contributed by atoms with Gasteiger partial charge in [0.15, 0.2) is 10.8 Å². The molecule has 1 atom stereocenters. The van der Waals surface area contributed by atoms with Crippen molar-refractivity contribution >= 4 is 22.8 Å². The van der Waals surface area contributed by atoms with Crippen LogP contribution in [0, 0.1) is 0 Å². The number of carbonyl (C=O) groups excluding carboxylic acids is 1. The Morgan fingerprint density at radius 1 is 1.41 bits per heavy atom. The Hall–Kier alpha value is -1.41. The molecule has 0 spiro atoms. The van der Waals surface area contributed by atoms with Crippen molar-refractivity contribution < 1.29 is 22.5 Å². The molecule has 0 saturated carbocycles. The number of unbranched alkanes of at least 4 members (excludes halogenated alkanes) is 1. The van der Waals surface area contributed by atoms with Crippen molar-refractivity contribution in [3.05, 3.63) is 23.8 Å². The van der Waals surface area contributed by atoms with Gasteiger partial charge in [-0.05, 0) is 37.0 Å². The van der Waals surface area contributed by atoms with E-state index in [1.807, 2.05) is 35.5 Å². The standard InChI is InChI=1S/C14H17F3N2O2S/c1-19-9-22(21)12-8-10(5-6-11(12)19)4-2-3-7-18-13(20)14(15,16)17/h5-6,8H,2-4,7,9H2,1H3,(H,18,20). The van der Waals surface area contributed by atoms with Crippen LogP contribution in [-0.4, -0.2) is 36.1 Å². The third-order valence-corrected chi connectivity index (χ3v) is 4.87. The average Bonchev–Trinajstić information content (AvgIpc) is 2.72. The fraction of sp³-hybridized carbons (Fsp3) is 0.500. The van der Waals surface area contributed by atoms with Crippen molar-refractivity contribution in [1.29, 1.82) is 0 Å². The summed E-state index contributed by atoms with van der Waals surface area (Å²) in [5.41, 5.74) is 1.96. The molecule has 1 aliphatic rings. The smallest absolute Gasteiger partial charge is 0.471 e. The maximum atomic E-state index is 12.0. The summed E-state index contributed by atoms with van der Waals surface area (Å²) in [6, 6.07) is 5.75. The second-order valence-electron chi connectivity index (χ2n) is 5.19. The number of hydrogen-bond donors (Lipinski definition) is 1. The lowest BCUT2D eigenvalue weighted by Crippen LogP contribution is -2.37. The van der Waals surface area contributed by atoms with E-state index in [9.17, 15) is 22.5 Å². The molecule has 1 aromatic rings. The van der Waals surface area contributed by atoms with Crippen molar-refractivity contribution in [3.63, 3.8) is 0 Å². The molecule has 0 bridgehead atoms. The fourth-order valence-electron chi connectivity index (χ4n) is 2.28. The number of alkyl halides is 3. The first-order valence-corrected chi connectivity index (χ1v) is 8.18. The van der Waals surface area contributed by atoms with Gasteiger partial charge in [0, 0.05) is 24.8 Å². The SMILES string of the molecule is CN1C[S+]([O-])c2cc(CCCCNC(=O)C(F)(F)F)ccc21. The molecule has 122 valence electrons. The molecule has 8 heteroatoms. The number of rotatable bonds is 5. The predicted octanol–water partition coefficient (Wildman–Crippen LogP) is 2.20. The molecule has 0 radical (unpaired) electrons. The van der Waals surface area contributed by atoms with Gasteiger partial charge in [-0.1, -0.05) is 6.07 Å². The van der Waals surface area contributed by atoms with Gasteiger partial charge in [-0.25, -0.2) is 0 Å². The molecular formula is C14H17F3N2O2S. The van der Waals surface area contributed by atoms with E-state index in [4.69, 9.17) is 0 Å². The van der Waals surface area contributed by atoms with Crippen molar-refractivity contribution in [3.8, 4) is 0 Å². The summed E-state index contributed by atoms with van der Waals surface area (Å²) in [5, 5.41) is 1.84. The number of carbonyl (C=O) groups is 1. The van der Waals surface area contributed by atoms with E-state index in [0.717, 1.165) is 16.1 Å². The van der Waals surface area contributed by atoms with Crippen LogP contribution in [0.4, 0.5) is 18.9 Å². The molecular weight excluding hydrogens is 317 g/mol. The zero-order chi connectivity index (χ0) is 16.3. The highest BCUT2D eigenvalue weighted by atomic mass is 32.2. The molecule has 1 aromatic carbocycles. The van der Waals surface area contributed by atoms with Crippen LogP contribution in [-0.2, 0) is 22.4 Å². The van der Waals surface area contributed by atoms with Gasteiger partial charge in [0.05, 0.1) is 5.69 Å². The summed E-state index contributed by atoms with van der Waals surface area (Å²) in [6.07, 6.45) is -3.03. The van der Waals surface area contributed by atoms with Crippen LogP contribution in [0.1, 0.15) is 18.4 Å².